The summed E-state index contributed by atoms with van der Waals surface area (Å²) in [7, 11) is 0. The average Bonchev–Trinajstić information content (AvgIpc) is 2.71. The molecular weight excluding hydrogens is 348 g/mol. The Morgan fingerprint density at radius 3 is 2.04 bits per heavy atom. The highest BCUT2D eigenvalue weighted by atomic mass is 16.5. The Balaban J connectivity index is 1.85. The molecular formula is C25H34O3. The molecule has 0 spiro atoms. The van der Waals surface area contributed by atoms with Gasteiger partial charge in [-0.2, -0.15) is 0 Å². The van der Waals surface area contributed by atoms with Crippen LogP contribution in [0, 0.1) is 0 Å². The van der Waals surface area contributed by atoms with Crippen LogP contribution in [0.1, 0.15) is 77.4 Å². The molecule has 3 nitrogen and oxygen atoms in total. The van der Waals surface area contributed by atoms with Crippen LogP contribution in [-0.4, -0.2) is 12.6 Å². The quantitative estimate of drug-likeness (QED) is 0.290. The number of ether oxygens (including phenoxy) is 2. The van der Waals surface area contributed by atoms with Crippen LogP contribution >= 0.6 is 0 Å². The molecule has 0 aliphatic rings. The normalized spacial score (nSPS) is 11.8. The first-order valence-electron chi connectivity index (χ1n) is 10.7. The lowest BCUT2D eigenvalue weighted by atomic mass is 10.0. The molecule has 0 radical (unpaired) electrons. The Labute approximate surface area is 170 Å². The van der Waals surface area contributed by atoms with E-state index in [4.69, 9.17) is 9.47 Å². The van der Waals surface area contributed by atoms with E-state index >= 15 is 0 Å². The first kappa shape index (κ1) is 22.0. The molecule has 2 aromatic carbocycles. The van der Waals surface area contributed by atoms with Gasteiger partial charge in [-0.05, 0) is 48.6 Å². The van der Waals surface area contributed by atoms with Crippen molar-refractivity contribution in [1.29, 1.82) is 0 Å². The molecule has 1 unspecified atom stereocenters. The minimum atomic E-state index is -0.221. The van der Waals surface area contributed by atoms with Crippen molar-refractivity contribution in [2.45, 2.75) is 71.8 Å². The van der Waals surface area contributed by atoms with Gasteiger partial charge in [-0.1, -0.05) is 75.9 Å². The number of carbonyl (C=O) groups excluding carboxylic acids is 1. The first-order chi connectivity index (χ1) is 13.6. The minimum absolute atomic E-state index is 0.139. The fraction of sp³-hybridized carbons (Fsp3) is 0.480. The molecule has 0 aliphatic heterocycles. The van der Waals surface area contributed by atoms with Crippen LogP contribution in [-0.2, 0) is 9.53 Å². The predicted molar refractivity (Wildman–Crippen MR) is 116 cm³/mol. The third kappa shape index (κ3) is 7.38. The van der Waals surface area contributed by atoms with Crippen molar-refractivity contribution in [1.82, 2.24) is 0 Å². The van der Waals surface area contributed by atoms with E-state index in [1.807, 2.05) is 38.1 Å². The van der Waals surface area contributed by atoms with E-state index in [-0.39, 0.29) is 12.1 Å². The van der Waals surface area contributed by atoms with Crippen LogP contribution in [0.4, 0.5) is 0 Å². The summed E-state index contributed by atoms with van der Waals surface area (Å²) in [5.74, 6) is 0.785. The molecule has 0 saturated carbocycles. The molecule has 0 fully saturated rings. The third-order valence-corrected chi connectivity index (χ3v) is 4.85. The smallest absolute Gasteiger partial charge is 0.306 e. The fourth-order valence-corrected chi connectivity index (χ4v) is 3.11. The van der Waals surface area contributed by atoms with Crippen LogP contribution in [0.2, 0.25) is 0 Å². The van der Waals surface area contributed by atoms with E-state index in [1.54, 1.807) is 0 Å². The second kappa shape index (κ2) is 12.2. The van der Waals surface area contributed by atoms with Gasteiger partial charge in [0.15, 0.2) is 0 Å². The second-order valence-corrected chi connectivity index (χ2v) is 7.29. The van der Waals surface area contributed by atoms with E-state index in [2.05, 4.69) is 31.2 Å². The van der Waals surface area contributed by atoms with Gasteiger partial charge in [0.2, 0.25) is 0 Å². The molecule has 0 amide bonds. The fourth-order valence-electron chi connectivity index (χ4n) is 3.11. The lowest BCUT2D eigenvalue weighted by Crippen LogP contribution is -2.08. The zero-order valence-corrected chi connectivity index (χ0v) is 17.6. The van der Waals surface area contributed by atoms with E-state index in [9.17, 15) is 4.79 Å². The van der Waals surface area contributed by atoms with Crippen LogP contribution in [0.3, 0.4) is 0 Å². The summed E-state index contributed by atoms with van der Waals surface area (Å²) in [6.45, 7) is 6.91. The van der Waals surface area contributed by atoms with E-state index in [1.165, 1.54) is 25.7 Å². The average molecular weight is 383 g/mol. The van der Waals surface area contributed by atoms with Crippen molar-refractivity contribution in [2.24, 2.45) is 0 Å². The maximum atomic E-state index is 11.7. The lowest BCUT2D eigenvalue weighted by Gasteiger charge is -2.14. The Morgan fingerprint density at radius 2 is 1.43 bits per heavy atom. The van der Waals surface area contributed by atoms with Gasteiger partial charge in [0.1, 0.15) is 11.9 Å². The predicted octanol–water partition coefficient (Wildman–Crippen LogP) is 7.11. The highest BCUT2D eigenvalue weighted by Crippen LogP contribution is 2.25. The highest BCUT2D eigenvalue weighted by molar-refractivity contribution is 5.69. The lowest BCUT2D eigenvalue weighted by molar-refractivity contribution is -0.148. The van der Waals surface area contributed by atoms with Gasteiger partial charge in [0.25, 0.3) is 0 Å². The number of hydrogen-bond acceptors (Lipinski definition) is 3. The van der Waals surface area contributed by atoms with E-state index < -0.39 is 0 Å². The van der Waals surface area contributed by atoms with Gasteiger partial charge < -0.3 is 9.47 Å². The maximum Gasteiger partial charge on any atom is 0.306 e. The molecule has 2 rings (SSSR count). The molecule has 1 atom stereocenters. The summed E-state index contributed by atoms with van der Waals surface area (Å²) < 4.78 is 11.3. The van der Waals surface area contributed by atoms with Crippen LogP contribution in [0.5, 0.6) is 5.75 Å². The van der Waals surface area contributed by atoms with Crippen LogP contribution in [0.15, 0.2) is 48.5 Å². The standard InChI is InChI=1S/C25H34O3/c1-4-6-7-8-9-19-27-24-17-15-23(16-18-24)22-13-11-21(12-14-22)20(3)28-25(26)10-5-2/h11-18,20H,4-10,19H2,1-3H3. The monoisotopic (exact) mass is 382 g/mol. The summed E-state index contributed by atoms with van der Waals surface area (Å²) in [6.07, 6.45) is 7.29. The van der Waals surface area contributed by atoms with Crippen LogP contribution in [0.25, 0.3) is 11.1 Å². The van der Waals surface area contributed by atoms with Gasteiger partial charge in [-0.3, -0.25) is 4.79 Å². The molecule has 0 saturated heterocycles. The number of benzene rings is 2. The van der Waals surface area contributed by atoms with Gasteiger partial charge >= 0.3 is 5.97 Å². The molecule has 2 aromatic rings. The zero-order chi connectivity index (χ0) is 20.2. The van der Waals surface area contributed by atoms with E-state index in [0.717, 1.165) is 41.9 Å². The van der Waals surface area contributed by atoms with Gasteiger partial charge in [-0.15, -0.1) is 0 Å². The maximum absolute atomic E-state index is 11.7. The zero-order valence-electron chi connectivity index (χ0n) is 17.6. The summed E-state index contributed by atoms with van der Waals surface area (Å²) in [5.41, 5.74) is 3.30. The molecule has 0 heterocycles. The number of esters is 1. The summed E-state index contributed by atoms with van der Waals surface area (Å²) in [6, 6.07) is 16.4. The van der Waals surface area contributed by atoms with E-state index in [0.29, 0.717) is 6.42 Å². The van der Waals surface area contributed by atoms with Crippen molar-refractivity contribution >= 4 is 5.97 Å². The number of carbonyl (C=O) groups is 1. The highest BCUT2D eigenvalue weighted by Gasteiger charge is 2.11. The third-order valence-electron chi connectivity index (χ3n) is 4.85. The van der Waals surface area contributed by atoms with Crippen molar-refractivity contribution < 1.29 is 14.3 Å². The summed E-state index contributed by atoms with van der Waals surface area (Å²) in [4.78, 5) is 11.7. The first-order valence-corrected chi connectivity index (χ1v) is 10.7. The van der Waals surface area contributed by atoms with Crippen molar-refractivity contribution in [3.05, 3.63) is 54.1 Å². The van der Waals surface area contributed by atoms with Gasteiger partial charge in [0.05, 0.1) is 6.61 Å². The molecule has 0 bridgehead atoms. The van der Waals surface area contributed by atoms with Crippen molar-refractivity contribution in [3.63, 3.8) is 0 Å². The topological polar surface area (TPSA) is 35.5 Å². The molecule has 0 aromatic heterocycles. The molecule has 0 aliphatic carbocycles. The van der Waals surface area contributed by atoms with Gasteiger partial charge in [0, 0.05) is 6.42 Å². The van der Waals surface area contributed by atoms with Crippen molar-refractivity contribution in [2.75, 3.05) is 6.61 Å². The number of unbranched alkanes of at least 4 members (excludes halogenated alkanes) is 4. The molecule has 3 heteroatoms. The number of rotatable bonds is 12. The van der Waals surface area contributed by atoms with Gasteiger partial charge in [-0.25, -0.2) is 0 Å². The Hall–Kier alpha value is -2.29. The second-order valence-electron chi connectivity index (χ2n) is 7.29. The summed E-state index contributed by atoms with van der Waals surface area (Å²) in [5, 5.41) is 0. The molecule has 28 heavy (non-hydrogen) atoms. The summed E-state index contributed by atoms with van der Waals surface area (Å²) >= 11 is 0. The Morgan fingerprint density at radius 1 is 0.821 bits per heavy atom. The molecule has 152 valence electrons. The van der Waals surface area contributed by atoms with Crippen molar-refractivity contribution in [3.8, 4) is 16.9 Å². The van der Waals surface area contributed by atoms with Crippen LogP contribution < -0.4 is 4.74 Å². The Bertz CT molecular complexity index is 689. The largest absolute Gasteiger partial charge is 0.494 e. The SMILES string of the molecule is CCCCCCCOc1ccc(-c2ccc(C(C)OC(=O)CCC)cc2)cc1. The minimum Gasteiger partial charge on any atom is -0.494 e. The molecule has 0 N–H and O–H groups in total. The Kier molecular flexibility index (Phi) is 9.61. The number of hydrogen-bond donors (Lipinski definition) is 0.